The lowest BCUT2D eigenvalue weighted by molar-refractivity contribution is -0.132. The molecule has 1 N–H and O–H groups in total. The summed E-state index contributed by atoms with van der Waals surface area (Å²) in [4.78, 5) is 25.3. The molecule has 1 rings (SSSR count). The van der Waals surface area contributed by atoms with Crippen LogP contribution < -0.4 is 5.32 Å². The number of amides is 2. The van der Waals surface area contributed by atoms with Crippen LogP contribution in [-0.4, -0.2) is 42.6 Å². The molecule has 1 heterocycles. The Bertz CT molecular complexity index is 299. The van der Waals surface area contributed by atoms with Crippen molar-refractivity contribution in [1.82, 2.24) is 10.2 Å². The highest BCUT2D eigenvalue weighted by atomic mass is 16.5. The number of hydrogen-bond donors (Lipinski definition) is 1. The molecule has 1 saturated heterocycles. The second-order valence-electron chi connectivity index (χ2n) is 5.39. The van der Waals surface area contributed by atoms with Crippen LogP contribution in [0.5, 0.6) is 0 Å². The third-order valence-corrected chi connectivity index (χ3v) is 3.64. The van der Waals surface area contributed by atoms with Crippen molar-refractivity contribution < 1.29 is 14.3 Å². The molecule has 20 heavy (non-hydrogen) atoms. The topological polar surface area (TPSA) is 58.6 Å². The molecule has 0 spiro atoms. The minimum absolute atomic E-state index is 0.138. The van der Waals surface area contributed by atoms with Crippen molar-refractivity contribution in [2.45, 2.75) is 64.8 Å². The zero-order chi connectivity index (χ0) is 14.8. The van der Waals surface area contributed by atoms with E-state index in [1.54, 1.807) is 0 Å². The van der Waals surface area contributed by atoms with Gasteiger partial charge in [0.25, 0.3) is 0 Å². The van der Waals surface area contributed by atoms with Gasteiger partial charge in [0, 0.05) is 25.6 Å². The smallest absolute Gasteiger partial charge is 0.407 e. The summed E-state index contributed by atoms with van der Waals surface area (Å²) in [6, 6.07) is 0.138. The van der Waals surface area contributed by atoms with Crippen LogP contribution in [0.4, 0.5) is 4.79 Å². The minimum atomic E-state index is -0.325. The van der Waals surface area contributed by atoms with E-state index in [1.165, 1.54) is 0 Å². The Morgan fingerprint density at radius 1 is 1.15 bits per heavy atom. The van der Waals surface area contributed by atoms with Gasteiger partial charge < -0.3 is 15.0 Å². The first-order chi connectivity index (χ1) is 9.67. The number of unbranched alkanes of at least 4 members (excludes halogenated alkanes) is 2. The van der Waals surface area contributed by atoms with Crippen LogP contribution in [0, 0.1) is 0 Å². The Morgan fingerprint density at radius 3 is 2.40 bits per heavy atom. The highest BCUT2D eigenvalue weighted by Gasteiger charge is 2.23. The summed E-state index contributed by atoms with van der Waals surface area (Å²) < 4.78 is 5.08. The van der Waals surface area contributed by atoms with Crippen LogP contribution in [-0.2, 0) is 9.53 Å². The molecule has 0 aromatic heterocycles. The average molecular weight is 284 g/mol. The predicted molar refractivity (Wildman–Crippen MR) is 78.5 cm³/mol. The largest absolute Gasteiger partial charge is 0.450 e. The number of piperidine rings is 1. The van der Waals surface area contributed by atoms with Gasteiger partial charge in [0.2, 0.25) is 5.91 Å². The van der Waals surface area contributed by atoms with E-state index in [1.807, 2.05) is 4.90 Å². The standard InChI is InChI=1S/C15H28N2O3/c1-3-5-7-14(18)17-10-8-13(9-11-17)16-15(19)20-12-6-4-2/h13H,3-12H2,1-2H3,(H,16,19). The molecule has 1 aliphatic rings. The maximum absolute atomic E-state index is 11.9. The van der Waals surface area contributed by atoms with E-state index < -0.39 is 0 Å². The molecule has 2 amide bonds. The molecule has 0 aliphatic carbocycles. The van der Waals surface area contributed by atoms with E-state index in [0.29, 0.717) is 13.0 Å². The van der Waals surface area contributed by atoms with E-state index in [0.717, 1.165) is 51.6 Å². The number of likely N-dealkylation sites (tertiary alicyclic amines) is 1. The molecule has 5 nitrogen and oxygen atoms in total. The molecule has 0 atom stereocenters. The monoisotopic (exact) mass is 284 g/mol. The first kappa shape index (κ1) is 16.8. The summed E-state index contributed by atoms with van der Waals surface area (Å²) in [6.45, 7) is 6.11. The lowest BCUT2D eigenvalue weighted by Crippen LogP contribution is -2.46. The molecule has 0 radical (unpaired) electrons. The Hall–Kier alpha value is -1.26. The van der Waals surface area contributed by atoms with Gasteiger partial charge in [-0.15, -0.1) is 0 Å². The van der Waals surface area contributed by atoms with Crippen molar-refractivity contribution in [3.8, 4) is 0 Å². The van der Waals surface area contributed by atoms with Gasteiger partial charge in [0.1, 0.15) is 0 Å². The fourth-order valence-electron chi connectivity index (χ4n) is 2.28. The zero-order valence-electron chi connectivity index (χ0n) is 12.8. The molecule has 0 aromatic rings. The third kappa shape index (κ3) is 6.26. The van der Waals surface area contributed by atoms with E-state index in [2.05, 4.69) is 19.2 Å². The van der Waals surface area contributed by atoms with Crippen LogP contribution in [0.15, 0.2) is 0 Å². The average Bonchev–Trinajstić information content (AvgIpc) is 2.46. The summed E-state index contributed by atoms with van der Waals surface area (Å²) in [5, 5.41) is 2.88. The van der Waals surface area contributed by atoms with E-state index in [-0.39, 0.29) is 18.0 Å². The quantitative estimate of drug-likeness (QED) is 0.731. The Kier molecular flexibility index (Phi) is 8.07. The van der Waals surface area contributed by atoms with Gasteiger partial charge in [0.05, 0.1) is 6.61 Å². The number of carbonyl (C=O) groups excluding carboxylic acids is 2. The molecule has 1 fully saturated rings. The van der Waals surface area contributed by atoms with Gasteiger partial charge in [-0.25, -0.2) is 4.79 Å². The lowest BCUT2D eigenvalue weighted by Gasteiger charge is -2.32. The highest BCUT2D eigenvalue weighted by Crippen LogP contribution is 2.12. The second kappa shape index (κ2) is 9.61. The van der Waals surface area contributed by atoms with Gasteiger partial charge in [-0.1, -0.05) is 26.7 Å². The van der Waals surface area contributed by atoms with Gasteiger partial charge in [-0.3, -0.25) is 4.79 Å². The van der Waals surface area contributed by atoms with Gasteiger partial charge >= 0.3 is 6.09 Å². The summed E-state index contributed by atoms with van der Waals surface area (Å²) in [5.41, 5.74) is 0. The molecule has 116 valence electrons. The lowest BCUT2D eigenvalue weighted by atomic mass is 10.0. The molecular formula is C15H28N2O3. The van der Waals surface area contributed by atoms with Crippen LogP contribution in [0.2, 0.25) is 0 Å². The fraction of sp³-hybridized carbons (Fsp3) is 0.867. The van der Waals surface area contributed by atoms with Crippen molar-refractivity contribution in [2.75, 3.05) is 19.7 Å². The van der Waals surface area contributed by atoms with Crippen molar-refractivity contribution >= 4 is 12.0 Å². The molecule has 0 unspecified atom stereocenters. The Morgan fingerprint density at radius 2 is 1.80 bits per heavy atom. The molecule has 0 bridgehead atoms. The predicted octanol–water partition coefficient (Wildman–Crippen LogP) is 2.69. The summed E-state index contributed by atoms with van der Waals surface area (Å²) in [7, 11) is 0. The van der Waals surface area contributed by atoms with E-state index in [4.69, 9.17) is 4.74 Å². The SMILES string of the molecule is CCCCOC(=O)NC1CCN(C(=O)CCCC)CC1. The van der Waals surface area contributed by atoms with Crippen molar-refractivity contribution in [3.05, 3.63) is 0 Å². The molecule has 5 heteroatoms. The van der Waals surface area contributed by atoms with Gasteiger partial charge in [-0.05, 0) is 25.7 Å². The maximum atomic E-state index is 11.9. The van der Waals surface area contributed by atoms with Crippen LogP contribution in [0.25, 0.3) is 0 Å². The first-order valence-corrected chi connectivity index (χ1v) is 7.88. The van der Waals surface area contributed by atoms with Gasteiger partial charge in [-0.2, -0.15) is 0 Å². The summed E-state index contributed by atoms with van der Waals surface area (Å²) in [6.07, 6.45) is 5.89. The summed E-state index contributed by atoms with van der Waals surface area (Å²) >= 11 is 0. The van der Waals surface area contributed by atoms with Gasteiger partial charge in [0.15, 0.2) is 0 Å². The number of alkyl carbamates (subject to hydrolysis) is 1. The molecular weight excluding hydrogens is 256 g/mol. The number of carbonyl (C=O) groups is 2. The number of nitrogens with zero attached hydrogens (tertiary/aromatic N) is 1. The maximum Gasteiger partial charge on any atom is 0.407 e. The highest BCUT2D eigenvalue weighted by molar-refractivity contribution is 5.76. The Balaban J connectivity index is 2.18. The zero-order valence-corrected chi connectivity index (χ0v) is 12.8. The van der Waals surface area contributed by atoms with Crippen molar-refractivity contribution in [1.29, 1.82) is 0 Å². The van der Waals surface area contributed by atoms with Crippen molar-refractivity contribution in [2.24, 2.45) is 0 Å². The van der Waals surface area contributed by atoms with E-state index >= 15 is 0 Å². The first-order valence-electron chi connectivity index (χ1n) is 7.88. The third-order valence-electron chi connectivity index (χ3n) is 3.64. The molecule has 0 saturated carbocycles. The number of nitrogens with one attached hydrogen (secondary N) is 1. The normalized spacial score (nSPS) is 16.0. The minimum Gasteiger partial charge on any atom is -0.450 e. The van der Waals surface area contributed by atoms with Crippen LogP contribution in [0.3, 0.4) is 0 Å². The van der Waals surface area contributed by atoms with E-state index in [9.17, 15) is 9.59 Å². The fourth-order valence-corrected chi connectivity index (χ4v) is 2.28. The van der Waals surface area contributed by atoms with Crippen LogP contribution >= 0.6 is 0 Å². The second-order valence-corrected chi connectivity index (χ2v) is 5.39. The van der Waals surface area contributed by atoms with Crippen LogP contribution in [0.1, 0.15) is 58.8 Å². The molecule has 0 aromatic carbocycles. The number of ether oxygens (including phenoxy) is 1. The molecule has 1 aliphatic heterocycles. The number of rotatable bonds is 7. The number of hydrogen-bond acceptors (Lipinski definition) is 3. The summed E-state index contributed by atoms with van der Waals surface area (Å²) in [5.74, 6) is 0.246. The van der Waals surface area contributed by atoms with Crippen molar-refractivity contribution in [3.63, 3.8) is 0 Å². The Labute approximate surface area is 122 Å².